The molecule has 0 aliphatic carbocycles. The van der Waals surface area contributed by atoms with Crippen molar-refractivity contribution in [1.82, 2.24) is 0 Å². The van der Waals surface area contributed by atoms with Crippen LogP contribution in [0.5, 0.6) is 0 Å². The van der Waals surface area contributed by atoms with Gasteiger partial charge in [0.25, 0.3) is 5.69 Å². The molecule has 3 heteroatoms. The summed E-state index contributed by atoms with van der Waals surface area (Å²) in [5.74, 6) is 0. The fourth-order valence-corrected chi connectivity index (χ4v) is 3.38. The lowest BCUT2D eigenvalue weighted by Crippen LogP contribution is -2.47. The predicted molar refractivity (Wildman–Crippen MR) is 91.8 cm³/mol. The van der Waals surface area contributed by atoms with E-state index >= 15 is 0 Å². The van der Waals surface area contributed by atoms with E-state index in [4.69, 9.17) is 5.10 Å². The molecule has 3 heterocycles. The number of pyridine rings is 1. The van der Waals surface area contributed by atoms with E-state index in [1.807, 2.05) is 6.21 Å². The normalized spacial score (nSPS) is 23.1. The molecule has 22 heavy (non-hydrogen) atoms. The minimum absolute atomic E-state index is 0.500. The molecule has 0 saturated carbocycles. The van der Waals surface area contributed by atoms with Gasteiger partial charge in [-0.05, 0) is 25.8 Å². The Hall–Kier alpha value is -1.74. The molecule has 0 aromatic carbocycles. The maximum absolute atomic E-state index is 4.81. The average molecular weight is 297 g/mol. The maximum Gasteiger partial charge on any atom is 0.277 e. The lowest BCUT2D eigenvalue weighted by molar-refractivity contribution is -0.822. The quantitative estimate of drug-likeness (QED) is 0.423. The highest BCUT2D eigenvalue weighted by atomic mass is 15.6. The van der Waals surface area contributed by atoms with Crippen LogP contribution in [-0.4, -0.2) is 17.4 Å². The molecule has 0 amide bonds. The lowest BCUT2D eigenvalue weighted by atomic mass is 10.0. The SMILES string of the molecule is CCCCC[N+]12C=Cc3ccc[n+](C(C)CC)c3C1=CC=N2. The Balaban J connectivity index is 2.03. The number of aromatic nitrogens is 1. The highest BCUT2D eigenvalue weighted by Gasteiger charge is 2.44. The molecule has 1 aromatic rings. The van der Waals surface area contributed by atoms with Gasteiger partial charge < -0.3 is 0 Å². The van der Waals surface area contributed by atoms with Crippen LogP contribution in [0.3, 0.4) is 0 Å². The Kier molecular flexibility index (Phi) is 4.25. The van der Waals surface area contributed by atoms with Crippen molar-refractivity contribution in [1.29, 1.82) is 0 Å². The van der Waals surface area contributed by atoms with Gasteiger partial charge in [-0.1, -0.05) is 25.4 Å². The van der Waals surface area contributed by atoms with Crippen LogP contribution in [0.2, 0.25) is 0 Å². The second-order valence-corrected chi connectivity index (χ2v) is 6.37. The molecule has 0 saturated heterocycles. The third-order valence-electron chi connectivity index (χ3n) is 4.89. The summed E-state index contributed by atoms with van der Waals surface area (Å²) >= 11 is 0. The number of unbranched alkanes of at least 4 members (excludes halogenated alkanes) is 2. The predicted octanol–water partition coefficient (Wildman–Crippen LogP) is 4.28. The van der Waals surface area contributed by atoms with Gasteiger partial charge in [-0.3, -0.25) is 0 Å². The molecule has 116 valence electrons. The first kappa shape index (κ1) is 15.2. The van der Waals surface area contributed by atoms with Crippen LogP contribution in [0.25, 0.3) is 11.8 Å². The van der Waals surface area contributed by atoms with Crippen molar-refractivity contribution >= 4 is 18.0 Å². The Morgan fingerprint density at radius 1 is 1.27 bits per heavy atom. The van der Waals surface area contributed by atoms with Crippen LogP contribution >= 0.6 is 0 Å². The van der Waals surface area contributed by atoms with Crippen LogP contribution in [0.1, 0.15) is 63.8 Å². The Morgan fingerprint density at radius 3 is 2.91 bits per heavy atom. The zero-order valence-electron chi connectivity index (χ0n) is 14.0. The number of allylic oxidation sites excluding steroid dienone is 1. The molecule has 3 nitrogen and oxygen atoms in total. The zero-order chi connectivity index (χ0) is 15.6. The van der Waals surface area contributed by atoms with Crippen molar-refractivity contribution in [3.05, 3.63) is 41.9 Å². The summed E-state index contributed by atoms with van der Waals surface area (Å²) < 4.78 is 3.07. The number of quaternary nitrogens is 1. The summed E-state index contributed by atoms with van der Waals surface area (Å²) in [7, 11) is 0. The molecular formula is C19H27N3+2. The number of rotatable bonds is 6. The molecule has 2 aliphatic rings. The van der Waals surface area contributed by atoms with Crippen molar-refractivity contribution in [3.63, 3.8) is 0 Å². The smallest absolute Gasteiger partial charge is 0.191 e. The summed E-state index contributed by atoms with van der Waals surface area (Å²) in [4.78, 5) is 0. The Labute approximate surface area is 133 Å². The fourth-order valence-electron chi connectivity index (χ4n) is 3.38. The molecule has 0 N–H and O–H groups in total. The first-order valence-electron chi connectivity index (χ1n) is 8.60. The monoisotopic (exact) mass is 297 g/mol. The third-order valence-corrected chi connectivity index (χ3v) is 4.89. The van der Waals surface area contributed by atoms with Crippen molar-refractivity contribution in [2.45, 2.75) is 52.5 Å². The largest absolute Gasteiger partial charge is 0.277 e. The van der Waals surface area contributed by atoms with Crippen LogP contribution in [0, 0.1) is 0 Å². The first-order chi connectivity index (χ1) is 10.7. The van der Waals surface area contributed by atoms with Gasteiger partial charge in [-0.25, -0.2) is 0 Å². The first-order valence-corrected chi connectivity index (χ1v) is 8.60. The van der Waals surface area contributed by atoms with Gasteiger partial charge in [0.15, 0.2) is 12.2 Å². The third kappa shape index (κ3) is 2.44. The number of hydrogen-bond donors (Lipinski definition) is 0. The molecule has 3 rings (SSSR count). The van der Waals surface area contributed by atoms with Crippen LogP contribution < -0.4 is 4.57 Å². The topological polar surface area (TPSA) is 16.2 Å². The molecule has 0 spiro atoms. The van der Waals surface area contributed by atoms with Crippen LogP contribution in [0.4, 0.5) is 0 Å². The molecule has 0 bridgehead atoms. The minimum atomic E-state index is 0.500. The summed E-state index contributed by atoms with van der Waals surface area (Å²) in [5, 5.41) is 4.81. The number of fused-ring (bicyclic) bond motifs is 3. The molecular weight excluding hydrogens is 270 g/mol. The van der Waals surface area contributed by atoms with Crippen molar-refractivity contribution in [3.8, 4) is 0 Å². The Bertz CT molecular complexity index is 642. The van der Waals surface area contributed by atoms with E-state index in [1.165, 1.54) is 36.2 Å². The number of nitrogens with zero attached hydrogens (tertiary/aromatic N) is 3. The van der Waals surface area contributed by atoms with Gasteiger partial charge >= 0.3 is 0 Å². The van der Waals surface area contributed by atoms with Crippen molar-refractivity contribution in [2.75, 3.05) is 6.54 Å². The molecule has 2 atom stereocenters. The minimum Gasteiger partial charge on any atom is -0.191 e. The zero-order valence-corrected chi connectivity index (χ0v) is 14.0. The van der Waals surface area contributed by atoms with Crippen molar-refractivity contribution in [2.24, 2.45) is 5.10 Å². The van der Waals surface area contributed by atoms with E-state index in [-0.39, 0.29) is 0 Å². The summed E-state index contributed by atoms with van der Waals surface area (Å²) in [5.41, 5.74) is 3.98. The van der Waals surface area contributed by atoms with E-state index in [0.717, 1.165) is 13.0 Å². The second-order valence-electron chi connectivity index (χ2n) is 6.37. The highest BCUT2D eigenvalue weighted by Crippen LogP contribution is 2.38. The lowest BCUT2D eigenvalue weighted by Gasteiger charge is -2.29. The van der Waals surface area contributed by atoms with Crippen LogP contribution in [-0.2, 0) is 0 Å². The van der Waals surface area contributed by atoms with E-state index in [0.29, 0.717) is 10.6 Å². The van der Waals surface area contributed by atoms with E-state index in [1.54, 1.807) is 0 Å². The maximum atomic E-state index is 4.81. The standard InChI is InChI=1S/C19H27N3/c1-4-6-7-14-22-15-11-17-9-8-13-21(16(3)5-2)19(17)18(22)10-12-20-22/h8-13,15-16H,4-7,14H2,1-3H3/q+2. The molecule has 2 aliphatic heterocycles. The van der Waals surface area contributed by atoms with E-state index in [9.17, 15) is 0 Å². The molecule has 0 fully saturated rings. The second kappa shape index (κ2) is 6.17. The number of hydrogen-bond acceptors (Lipinski definition) is 1. The molecule has 0 radical (unpaired) electrons. The summed E-state index contributed by atoms with van der Waals surface area (Å²) in [6.07, 6.45) is 15.8. The van der Waals surface area contributed by atoms with E-state index in [2.05, 4.69) is 62.0 Å². The average Bonchev–Trinajstić information content (AvgIpc) is 2.98. The van der Waals surface area contributed by atoms with Gasteiger partial charge in [-0.2, -0.15) is 4.57 Å². The molecule has 1 aromatic heterocycles. The van der Waals surface area contributed by atoms with Gasteiger partial charge in [0.05, 0.1) is 11.8 Å². The van der Waals surface area contributed by atoms with Gasteiger partial charge in [0.1, 0.15) is 12.7 Å². The Morgan fingerprint density at radius 2 is 2.14 bits per heavy atom. The summed E-state index contributed by atoms with van der Waals surface area (Å²) in [6, 6.07) is 4.87. The van der Waals surface area contributed by atoms with Crippen molar-refractivity contribution < 1.29 is 9.16 Å². The molecule has 2 unspecified atom stereocenters. The van der Waals surface area contributed by atoms with Gasteiger partial charge in [0, 0.05) is 24.6 Å². The van der Waals surface area contributed by atoms with Crippen LogP contribution in [0.15, 0.2) is 35.7 Å². The summed E-state index contributed by atoms with van der Waals surface area (Å²) in [6.45, 7) is 7.85. The fraction of sp³-hybridized carbons (Fsp3) is 0.474. The van der Waals surface area contributed by atoms with Gasteiger partial charge in [-0.15, -0.1) is 4.59 Å². The van der Waals surface area contributed by atoms with E-state index < -0.39 is 0 Å². The van der Waals surface area contributed by atoms with Gasteiger partial charge in [0.2, 0.25) is 5.70 Å². The highest BCUT2D eigenvalue weighted by molar-refractivity contribution is 5.86.